The van der Waals surface area contributed by atoms with Crippen LogP contribution < -0.4 is 5.32 Å². The molecule has 21 heavy (non-hydrogen) atoms. The van der Waals surface area contributed by atoms with E-state index < -0.39 is 11.9 Å². The number of piperidine rings is 1. The molecule has 6 nitrogen and oxygen atoms in total. The van der Waals surface area contributed by atoms with Crippen molar-refractivity contribution in [3.8, 4) is 0 Å². The van der Waals surface area contributed by atoms with Gasteiger partial charge in [-0.1, -0.05) is 0 Å². The smallest absolute Gasteiger partial charge is 0.308 e. The van der Waals surface area contributed by atoms with E-state index >= 15 is 0 Å². The quantitative estimate of drug-likeness (QED) is 0.853. The topological polar surface area (TPSA) is 86.7 Å². The number of carbonyl (C=O) groups excluding carboxylic acids is 2. The highest BCUT2D eigenvalue weighted by molar-refractivity contribution is 6.01. The number of anilines is 1. The van der Waals surface area contributed by atoms with Gasteiger partial charge < -0.3 is 15.3 Å². The first-order chi connectivity index (χ1) is 10.0. The summed E-state index contributed by atoms with van der Waals surface area (Å²) < 4.78 is 0. The number of likely N-dealkylation sites (tertiary alicyclic amines) is 1. The number of amides is 2. The minimum atomic E-state index is -0.851. The Labute approximate surface area is 121 Å². The fraction of sp³-hybridized carbons (Fsp3) is 0.400. The van der Waals surface area contributed by atoms with Crippen LogP contribution in [0, 0.1) is 5.92 Å². The first-order valence-electron chi connectivity index (χ1n) is 6.99. The second-order valence-corrected chi connectivity index (χ2v) is 5.53. The highest BCUT2D eigenvalue weighted by Gasteiger charge is 2.29. The van der Waals surface area contributed by atoms with Gasteiger partial charge in [0.15, 0.2) is 0 Å². The fourth-order valence-electron chi connectivity index (χ4n) is 2.91. The molecule has 1 atom stereocenters. The maximum Gasteiger partial charge on any atom is 0.308 e. The lowest BCUT2D eigenvalue weighted by Crippen LogP contribution is -2.42. The summed E-state index contributed by atoms with van der Waals surface area (Å²) in [6.07, 6.45) is 1.60. The summed E-state index contributed by atoms with van der Waals surface area (Å²) in [5.41, 5.74) is 2.08. The third-order valence-corrected chi connectivity index (χ3v) is 4.04. The summed E-state index contributed by atoms with van der Waals surface area (Å²) in [5.74, 6) is -1.57. The monoisotopic (exact) mass is 288 g/mol. The molecule has 0 aliphatic carbocycles. The summed E-state index contributed by atoms with van der Waals surface area (Å²) in [7, 11) is 0. The predicted molar refractivity (Wildman–Crippen MR) is 75.0 cm³/mol. The van der Waals surface area contributed by atoms with Crippen molar-refractivity contribution in [3.63, 3.8) is 0 Å². The van der Waals surface area contributed by atoms with Crippen molar-refractivity contribution >= 4 is 23.5 Å². The number of carbonyl (C=O) groups is 3. The molecule has 0 aromatic heterocycles. The molecule has 0 spiro atoms. The van der Waals surface area contributed by atoms with Crippen molar-refractivity contribution < 1.29 is 19.5 Å². The molecule has 1 aromatic rings. The van der Waals surface area contributed by atoms with Crippen molar-refractivity contribution in [2.24, 2.45) is 5.92 Å². The van der Waals surface area contributed by atoms with Gasteiger partial charge in [-0.15, -0.1) is 0 Å². The first kappa shape index (κ1) is 13.6. The minimum absolute atomic E-state index is 0.0708. The van der Waals surface area contributed by atoms with E-state index in [1.54, 1.807) is 23.1 Å². The summed E-state index contributed by atoms with van der Waals surface area (Å²) >= 11 is 0. The number of benzene rings is 1. The molecule has 0 bridgehead atoms. The van der Waals surface area contributed by atoms with Gasteiger partial charge in [0, 0.05) is 24.3 Å². The lowest BCUT2D eigenvalue weighted by Gasteiger charge is -2.30. The van der Waals surface area contributed by atoms with Crippen molar-refractivity contribution in [2.45, 2.75) is 19.3 Å². The molecule has 0 unspecified atom stereocenters. The number of nitrogens with zero attached hydrogens (tertiary/aromatic N) is 1. The van der Waals surface area contributed by atoms with Crippen LogP contribution in [0.1, 0.15) is 28.8 Å². The Kier molecular flexibility index (Phi) is 3.37. The highest BCUT2D eigenvalue weighted by atomic mass is 16.4. The van der Waals surface area contributed by atoms with Crippen molar-refractivity contribution in [1.29, 1.82) is 0 Å². The number of fused-ring (bicyclic) bond motifs is 1. The second kappa shape index (κ2) is 5.20. The Bertz CT molecular complexity index is 626. The first-order valence-corrected chi connectivity index (χ1v) is 6.99. The van der Waals surface area contributed by atoms with Gasteiger partial charge in [-0.3, -0.25) is 14.4 Å². The average Bonchev–Trinajstić information content (AvgIpc) is 2.85. The molecule has 6 heteroatoms. The maximum absolute atomic E-state index is 12.5. The van der Waals surface area contributed by atoms with Crippen LogP contribution >= 0.6 is 0 Å². The van der Waals surface area contributed by atoms with Gasteiger partial charge in [0.1, 0.15) is 0 Å². The van der Waals surface area contributed by atoms with Crippen LogP contribution in [0.25, 0.3) is 0 Å². The molecule has 110 valence electrons. The molecule has 2 aliphatic rings. The standard InChI is InChI=1S/C15H16N2O4/c18-13-7-11-6-9(3-4-12(11)16-13)14(19)17-5-1-2-10(8-17)15(20)21/h3-4,6,10H,1-2,5,7-8H2,(H,16,18)(H,20,21)/t10-/m0/s1. The fourth-order valence-corrected chi connectivity index (χ4v) is 2.91. The van der Waals surface area contributed by atoms with E-state index in [1.807, 2.05) is 0 Å². The molecular formula is C15H16N2O4. The minimum Gasteiger partial charge on any atom is -0.481 e. The van der Waals surface area contributed by atoms with E-state index in [-0.39, 0.29) is 24.8 Å². The molecule has 1 fully saturated rings. The van der Waals surface area contributed by atoms with Crippen LogP contribution in [0.15, 0.2) is 18.2 Å². The summed E-state index contributed by atoms with van der Waals surface area (Å²) in [4.78, 5) is 36.5. The zero-order chi connectivity index (χ0) is 15.0. The van der Waals surface area contributed by atoms with Crippen LogP contribution in [0.2, 0.25) is 0 Å². The summed E-state index contributed by atoms with van der Waals surface area (Å²) in [6, 6.07) is 5.13. The Balaban J connectivity index is 1.78. The molecule has 0 radical (unpaired) electrons. The number of nitrogens with one attached hydrogen (secondary N) is 1. The number of carboxylic acids is 1. The summed E-state index contributed by atoms with van der Waals surface area (Å²) in [5, 5.41) is 11.8. The van der Waals surface area contributed by atoms with E-state index in [0.29, 0.717) is 24.9 Å². The Morgan fingerprint density at radius 1 is 1.33 bits per heavy atom. The van der Waals surface area contributed by atoms with Crippen molar-refractivity contribution in [3.05, 3.63) is 29.3 Å². The number of hydrogen-bond acceptors (Lipinski definition) is 3. The van der Waals surface area contributed by atoms with Gasteiger partial charge in [0.2, 0.25) is 5.91 Å². The average molecular weight is 288 g/mol. The number of carboxylic acid groups (broad SMARTS) is 1. The van der Waals surface area contributed by atoms with E-state index in [4.69, 9.17) is 5.11 Å². The SMILES string of the molecule is O=C1Cc2cc(C(=O)N3CCC[C@H](C(=O)O)C3)ccc2N1. The van der Waals surface area contributed by atoms with Crippen LogP contribution in [0.4, 0.5) is 5.69 Å². The Morgan fingerprint density at radius 3 is 2.90 bits per heavy atom. The van der Waals surface area contributed by atoms with E-state index in [1.165, 1.54) is 0 Å². The maximum atomic E-state index is 12.5. The molecule has 2 aliphatic heterocycles. The zero-order valence-electron chi connectivity index (χ0n) is 11.5. The van der Waals surface area contributed by atoms with E-state index in [2.05, 4.69) is 5.32 Å². The van der Waals surface area contributed by atoms with Gasteiger partial charge >= 0.3 is 5.97 Å². The van der Waals surface area contributed by atoms with Gasteiger partial charge in [0.25, 0.3) is 5.91 Å². The van der Waals surface area contributed by atoms with E-state index in [9.17, 15) is 14.4 Å². The largest absolute Gasteiger partial charge is 0.481 e. The predicted octanol–water partition coefficient (Wildman–Crippen LogP) is 1.12. The second-order valence-electron chi connectivity index (χ2n) is 5.53. The Morgan fingerprint density at radius 2 is 2.14 bits per heavy atom. The molecule has 1 saturated heterocycles. The third-order valence-electron chi connectivity index (χ3n) is 4.04. The number of hydrogen-bond donors (Lipinski definition) is 2. The van der Waals surface area contributed by atoms with Gasteiger partial charge in [0.05, 0.1) is 12.3 Å². The highest BCUT2D eigenvalue weighted by Crippen LogP contribution is 2.25. The van der Waals surface area contributed by atoms with Gasteiger partial charge in [-0.05, 0) is 36.6 Å². The number of aliphatic carboxylic acids is 1. The van der Waals surface area contributed by atoms with Crippen LogP contribution in [0.3, 0.4) is 0 Å². The molecule has 2 N–H and O–H groups in total. The lowest BCUT2D eigenvalue weighted by atomic mass is 9.97. The van der Waals surface area contributed by atoms with Crippen LogP contribution in [-0.2, 0) is 16.0 Å². The van der Waals surface area contributed by atoms with Gasteiger partial charge in [-0.2, -0.15) is 0 Å². The molecule has 1 aromatic carbocycles. The number of rotatable bonds is 2. The molecule has 0 saturated carbocycles. The lowest BCUT2D eigenvalue weighted by molar-refractivity contribution is -0.143. The van der Waals surface area contributed by atoms with Crippen molar-refractivity contribution in [2.75, 3.05) is 18.4 Å². The van der Waals surface area contributed by atoms with Crippen LogP contribution in [-0.4, -0.2) is 40.9 Å². The molecule has 3 rings (SSSR count). The molecule has 2 heterocycles. The molecule has 2 amide bonds. The van der Waals surface area contributed by atoms with E-state index in [0.717, 1.165) is 11.3 Å². The van der Waals surface area contributed by atoms with Gasteiger partial charge in [-0.25, -0.2) is 0 Å². The molecular weight excluding hydrogens is 272 g/mol. The zero-order valence-corrected chi connectivity index (χ0v) is 11.5. The van der Waals surface area contributed by atoms with Crippen LogP contribution in [0.5, 0.6) is 0 Å². The Hall–Kier alpha value is -2.37. The van der Waals surface area contributed by atoms with Crippen molar-refractivity contribution in [1.82, 2.24) is 4.90 Å². The normalized spacial score (nSPS) is 20.9. The third kappa shape index (κ3) is 2.61. The summed E-state index contributed by atoms with van der Waals surface area (Å²) in [6.45, 7) is 0.833.